The number of urea groups is 1. The molecule has 2 N–H and O–H groups in total. The van der Waals surface area contributed by atoms with Gasteiger partial charge in [0.15, 0.2) is 5.16 Å². The Morgan fingerprint density at radius 3 is 2.50 bits per heavy atom. The lowest BCUT2D eigenvalue weighted by molar-refractivity contribution is -0.119. The summed E-state index contributed by atoms with van der Waals surface area (Å²) in [6.45, 7) is 0. The van der Waals surface area contributed by atoms with E-state index in [1.54, 1.807) is 0 Å². The molecule has 1 aromatic carbocycles. The fourth-order valence-electron chi connectivity index (χ4n) is 2.91. The van der Waals surface area contributed by atoms with Gasteiger partial charge in [-0.1, -0.05) is 42.1 Å². The molecule has 2 aliphatic rings. The molecule has 2 saturated carbocycles. The second kappa shape index (κ2) is 7.11. The minimum absolute atomic E-state index is 0.362. The monoisotopic (exact) mass is 371 g/mol. The molecule has 0 bridgehead atoms. The van der Waals surface area contributed by atoms with Gasteiger partial charge in [0.1, 0.15) is 11.1 Å². The molecule has 1 aromatic heterocycles. The summed E-state index contributed by atoms with van der Waals surface area (Å²) in [4.78, 5) is 24.3. The fraction of sp³-hybridized carbons (Fsp3) is 0.444. The molecular formula is C18H21N5O2S. The normalized spacial score (nSPS) is 17.6. The standard InChI is InChI=1S/C18H21N5O2S/c1-19-17(25)20-16(24)14(11-5-3-2-4-6-11)26-18-22-21-15(12-7-8-12)23(18)13-9-10-13/h2-6,12-14H,7-10H2,1H3,(H2,19,20,24,25)/t14-/m0/s1. The van der Waals surface area contributed by atoms with Crippen molar-refractivity contribution in [2.24, 2.45) is 0 Å². The molecule has 2 aromatic rings. The summed E-state index contributed by atoms with van der Waals surface area (Å²) in [5.74, 6) is 1.19. The van der Waals surface area contributed by atoms with Crippen LogP contribution in [0.25, 0.3) is 0 Å². The maximum Gasteiger partial charge on any atom is 0.321 e. The van der Waals surface area contributed by atoms with Gasteiger partial charge < -0.3 is 9.88 Å². The number of carbonyl (C=O) groups is 2. The van der Waals surface area contributed by atoms with E-state index in [4.69, 9.17) is 0 Å². The Hall–Kier alpha value is -2.35. The van der Waals surface area contributed by atoms with Crippen molar-refractivity contribution in [1.29, 1.82) is 0 Å². The summed E-state index contributed by atoms with van der Waals surface area (Å²) in [5.41, 5.74) is 0.831. The zero-order valence-electron chi connectivity index (χ0n) is 14.5. The van der Waals surface area contributed by atoms with Gasteiger partial charge in [0.05, 0.1) is 0 Å². The molecule has 0 aliphatic heterocycles. The summed E-state index contributed by atoms with van der Waals surface area (Å²) < 4.78 is 2.21. The van der Waals surface area contributed by atoms with Gasteiger partial charge >= 0.3 is 6.03 Å². The van der Waals surface area contributed by atoms with Crippen molar-refractivity contribution < 1.29 is 9.59 Å². The molecule has 0 radical (unpaired) electrons. The maximum atomic E-state index is 12.7. The molecule has 2 fully saturated rings. The van der Waals surface area contributed by atoms with E-state index >= 15 is 0 Å². The number of carbonyl (C=O) groups excluding carboxylic acids is 2. The van der Waals surface area contributed by atoms with Crippen LogP contribution < -0.4 is 10.6 Å². The predicted octanol–water partition coefficient (Wildman–Crippen LogP) is 2.78. The number of hydrogen-bond acceptors (Lipinski definition) is 5. The lowest BCUT2D eigenvalue weighted by Crippen LogP contribution is -2.39. The first-order chi connectivity index (χ1) is 12.7. The smallest absolute Gasteiger partial charge is 0.321 e. The van der Waals surface area contributed by atoms with E-state index < -0.39 is 11.3 Å². The fourth-order valence-corrected chi connectivity index (χ4v) is 4.02. The van der Waals surface area contributed by atoms with E-state index in [0.29, 0.717) is 12.0 Å². The third kappa shape index (κ3) is 3.60. The minimum Gasteiger partial charge on any atom is -0.341 e. The van der Waals surface area contributed by atoms with Crippen LogP contribution in [-0.4, -0.2) is 33.8 Å². The number of nitrogens with zero attached hydrogens (tertiary/aromatic N) is 3. The molecule has 136 valence electrons. The Bertz CT molecular complexity index is 814. The van der Waals surface area contributed by atoms with Gasteiger partial charge in [-0.15, -0.1) is 10.2 Å². The number of imide groups is 1. The molecular weight excluding hydrogens is 350 g/mol. The average molecular weight is 371 g/mol. The Morgan fingerprint density at radius 1 is 1.15 bits per heavy atom. The van der Waals surface area contributed by atoms with Crippen LogP contribution in [0.1, 0.15) is 54.3 Å². The van der Waals surface area contributed by atoms with Crippen molar-refractivity contribution >= 4 is 23.7 Å². The second-order valence-electron chi connectivity index (χ2n) is 6.69. The highest BCUT2D eigenvalue weighted by molar-refractivity contribution is 8.00. The summed E-state index contributed by atoms with van der Waals surface area (Å²) in [6.07, 6.45) is 4.58. The first kappa shape index (κ1) is 17.1. The zero-order valence-corrected chi connectivity index (χ0v) is 15.3. The summed E-state index contributed by atoms with van der Waals surface area (Å²) in [7, 11) is 1.49. The number of rotatable bonds is 6. The number of nitrogens with one attached hydrogen (secondary N) is 2. The zero-order chi connectivity index (χ0) is 18.1. The molecule has 0 spiro atoms. The second-order valence-corrected chi connectivity index (χ2v) is 7.77. The van der Waals surface area contributed by atoms with Crippen LogP contribution in [0.2, 0.25) is 0 Å². The Balaban J connectivity index is 1.63. The molecule has 4 rings (SSSR count). The lowest BCUT2D eigenvalue weighted by atomic mass is 10.1. The van der Waals surface area contributed by atoms with Gasteiger partial charge in [-0.3, -0.25) is 10.1 Å². The topological polar surface area (TPSA) is 88.9 Å². The quantitative estimate of drug-likeness (QED) is 0.762. The number of amides is 3. The van der Waals surface area contributed by atoms with Crippen molar-refractivity contribution in [3.05, 3.63) is 41.7 Å². The van der Waals surface area contributed by atoms with Crippen molar-refractivity contribution in [2.75, 3.05) is 7.05 Å². The number of aromatic nitrogens is 3. The Labute approximate surface area is 155 Å². The lowest BCUT2D eigenvalue weighted by Gasteiger charge is -2.17. The van der Waals surface area contributed by atoms with Crippen LogP contribution in [0.5, 0.6) is 0 Å². The van der Waals surface area contributed by atoms with E-state index in [9.17, 15) is 9.59 Å². The molecule has 0 saturated heterocycles. The van der Waals surface area contributed by atoms with Crippen molar-refractivity contribution in [2.45, 2.75) is 48.0 Å². The third-order valence-electron chi connectivity index (χ3n) is 4.57. The number of hydrogen-bond donors (Lipinski definition) is 2. The largest absolute Gasteiger partial charge is 0.341 e. The molecule has 0 unspecified atom stereocenters. The highest BCUT2D eigenvalue weighted by Crippen LogP contribution is 2.47. The molecule has 3 amide bonds. The van der Waals surface area contributed by atoms with Crippen LogP contribution in [0.15, 0.2) is 35.5 Å². The Morgan fingerprint density at radius 2 is 1.88 bits per heavy atom. The van der Waals surface area contributed by atoms with Crippen LogP contribution in [-0.2, 0) is 4.79 Å². The van der Waals surface area contributed by atoms with Gasteiger partial charge in [-0.05, 0) is 31.2 Å². The Kier molecular flexibility index (Phi) is 4.67. The SMILES string of the molecule is CNC(=O)NC(=O)[C@@H](Sc1nnc(C2CC2)n1C1CC1)c1ccccc1. The third-order valence-corrected chi connectivity index (χ3v) is 5.78. The van der Waals surface area contributed by atoms with E-state index in [0.717, 1.165) is 42.2 Å². The number of thioether (sulfide) groups is 1. The molecule has 7 nitrogen and oxygen atoms in total. The summed E-state index contributed by atoms with van der Waals surface area (Å²) >= 11 is 1.36. The van der Waals surface area contributed by atoms with E-state index in [2.05, 4.69) is 25.4 Å². The molecule has 1 heterocycles. The van der Waals surface area contributed by atoms with Crippen LogP contribution >= 0.6 is 11.8 Å². The maximum absolute atomic E-state index is 12.7. The molecule has 8 heteroatoms. The highest BCUT2D eigenvalue weighted by Gasteiger charge is 2.37. The van der Waals surface area contributed by atoms with Crippen molar-refractivity contribution in [1.82, 2.24) is 25.4 Å². The van der Waals surface area contributed by atoms with Gasteiger partial charge in [0, 0.05) is 19.0 Å². The van der Waals surface area contributed by atoms with Gasteiger partial charge in [0.2, 0.25) is 5.91 Å². The molecule has 1 atom stereocenters. The predicted molar refractivity (Wildman–Crippen MR) is 97.9 cm³/mol. The van der Waals surface area contributed by atoms with Gasteiger partial charge in [0.25, 0.3) is 0 Å². The first-order valence-electron chi connectivity index (χ1n) is 8.86. The number of benzene rings is 1. The summed E-state index contributed by atoms with van der Waals surface area (Å²) in [5, 5.41) is 13.8. The highest BCUT2D eigenvalue weighted by atomic mass is 32.2. The van der Waals surface area contributed by atoms with Crippen molar-refractivity contribution in [3.8, 4) is 0 Å². The van der Waals surface area contributed by atoms with Crippen LogP contribution in [0.4, 0.5) is 4.79 Å². The van der Waals surface area contributed by atoms with Crippen molar-refractivity contribution in [3.63, 3.8) is 0 Å². The minimum atomic E-state index is -0.567. The molecule has 2 aliphatic carbocycles. The average Bonchev–Trinajstić information content (AvgIpc) is 3.59. The molecule has 26 heavy (non-hydrogen) atoms. The van der Waals surface area contributed by atoms with Crippen LogP contribution in [0.3, 0.4) is 0 Å². The van der Waals surface area contributed by atoms with E-state index in [1.807, 2.05) is 30.3 Å². The van der Waals surface area contributed by atoms with Crippen LogP contribution in [0, 0.1) is 0 Å². The summed E-state index contributed by atoms with van der Waals surface area (Å²) in [6, 6.07) is 9.39. The van der Waals surface area contributed by atoms with Gasteiger partial charge in [-0.2, -0.15) is 0 Å². The van der Waals surface area contributed by atoms with E-state index in [-0.39, 0.29) is 5.91 Å². The van der Waals surface area contributed by atoms with Gasteiger partial charge in [-0.25, -0.2) is 4.79 Å². The first-order valence-corrected chi connectivity index (χ1v) is 9.74. The van der Waals surface area contributed by atoms with E-state index in [1.165, 1.54) is 18.8 Å².